The molecule has 1 rings (SSSR count). The van der Waals surface area contributed by atoms with Crippen molar-refractivity contribution < 1.29 is 9.59 Å². The molecule has 4 nitrogen and oxygen atoms in total. The molecule has 0 bridgehead atoms. The highest BCUT2D eigenvalue weighted by Crippen LogP contribution is 2.27. The molecule has 0 atom stereocenters. The number of aliphatic imine (C=N–C) groups is 2. The van der Waals surface area contributed by atoms with Gasteiger partial charge in [-0.1, -0.05) is 0 Å². The predicted molar refractivity (Wildman–Crippen MR) is 49.3 cm³/mol. The smallest absolute Gasteiger partial charge is 0.211 e. The Hall–Kier alpha value is -1.67. The van der Waals surface area contributed by atoms with Crippen LogP contribution in [0.5, 0.6) is 0 Å². The van der Waals surface area contributed by atoms with Gasteiger partial charge in [0.15, 0.2) is 0 Å². The van der Waals surface area contributed by atoms with Crippen LogP contribution in [-0.4, -0.2) is 12.2 Å². The number of benzene rings is 1. The molecule has 0 amide bonds. The third-order valence-corrected chi connectivity index (χ3v) is 1.68. The van der Waals surface area contributed by atoms with Crippen LogP contribution in [0, 0.1) is 0 Å². The maximum Gasteiger partial charge on any atom is 0.240 e. The number of hydrogen-bond donors (Lipinski definition) is 1. The molecule has 0 aliphatic rings. The SMILES string of the molecule is O=C=Nc1ccc(S)c(N=C=O)c1. The van der Waals surface area contributed by atoms with Crippen LogP contribution in [0.3, 0.4) is 0 Å². The molecule has 1 aromatic rings. The number of carbonyl (C=O) groups excluding carboxylic acids is 2. The highest BCUT2D eigenvalue weighted by atomic mass is 32.1. The van der Waals surface area contributed by atoms with Gasteiger partial charge in [0.25, 0.3) is 0 Å². The highest BCUT2D eigenvalue weighted by molar-refractivity contribution is 7.80. The molecule has 0 radical (unpaired) electrons. The summed E-state index contributed by atoms with van der Waals surface area (Å²) in [5.74, 6) is 0. The zero-order valence-electron chi connectivity index (χ0n) is 6.39. The lowest BCUT2D eigenvalue weighted by Gasteiger charge is -1.96. The van der Waals surface area contributed by atoms with Gasteiger partial charge in [0.1, 0.15) is 0 Å². The Kier molecular flexibility index (Phi) is 3.17. The first kappa shape index (κ1) is 9.42. The predicted octanol–water partition coefficient (Wildman–Crippen LogP) is 1.91. The number of hydrogen-bond acceptors (Lipinski definition) is 5. The Bertz CT molecular complexity index is 418. The zero-order chi connectivity index (χ0) is 9.68. The van der Waals surface area contributed by atoms with Crippen molar-refractivity contribution in [2.75, 3.05) is 0 Å². The lowest BCUT2D eigenvalue weighted by Crippen LogP contribution is -1.69. The zero-order valence-corrected chi connectivity index (χ0v) is 7.28. The Morgan fingerprint density at radius 3 is 2.46 bits per heavy atom. The number of thiol groups is 1. The van der Waals surface area contributed by atoms with Gasteiger partial charge in [-0.25, -0.2) is 9.59 Å². The lowest BCUT2D eigenvalue weighted by molar-refractivity contribution is 0.564. The second kappa shape index (κ2) is 4.38. The van der Waals surface area contributed by atoms with E-state index in [4.69, 9.17) is 0 Å². The minimum Gasteiger partial charge on any atom is -0.211 e. The summed E-state index contributed by atoms with van der Waals surface area (Å²) in [5, 5.41) is 0. The third-order valence-electron chi connectivity index (χ3n) is 1.30. The van der Waals surface area contributed by atoms with Gasteiger partial charge in [-0.3, -0.25) is 0 Å². The third kappa shape index (κ3) is 2.39. The normalized spacial score (nSPS) is 8.38. The van der Waals surface area contributed by atoms with E-state index in [0.717, 1.165) is 0 Å². The molecule has 0 aliphatic heterocycles. The standard InChI is InChI=1S/C8H4N2O2S/c11-4-9-6-1-2-8(13)7(3-6)10-5-12/h1-3,13H. The maximum atomic E-state index is 9.96. The highest BCUT2D eigenvalue weighted by Gasteiger charge is 1.98. The molecule has 1 aromatic carbocycles. The average Bonchev–Trinajstić information content (AvgIpc) is 2.12. The summed E-state index contributed by atoms with van der Waals surface area (Å²) in [4.78, 5) is 27.1. The summed E-state index contributed by atoms with van der Waals surface area (Å²) in [6.07, 6.45) is 2.76. The Labute approximate surface area is 79.4 Å². The molecule has 0 unspecified atom stereocenters. The summed E-state index contributed by atoms with van der Waals surface area (Å²) >= 11 is 4.03. The molecule has 0 spiro atoms. The Morgan fingerprint density at radius 2 is 1.85 bits per heavy atom. The fourth-order valence-electron chi connectivity index (χ4n) is 0.773. The van der Waals surface area contributed by atoms with Gasteiger partial charge < -0.3 is 0 Å². The molecular formula is C8H4N2O2S. The number of isocyanates is 2. The van der Waals surface area contributed by atoms with Crippen molar-refractivity contribution in [2.45, 2.75) is 4.90 Å². The van der Waals surface area contributed by atoms with E-state index < -0.39 is 0 Å². The van der Waals surface area contributed by atoms with Crippen molar-refractivity contribution >= 4 is 36.2 Å². The molecule has 0 fully saturated rings. The summed E-state index contributed by atoms with van der Waals surface area (Å²) < 4.78 is 0. The molecule has 64 valence electrons. The van der Waals surface area contributed by atoms with Crippen molar-refractivity contribution in [1.82, 2.24) is 0 Å². The number of nitrogens with zero attached hydrogens (tertiary/aromatic N) is 2. The van der Waals surface area contributed by atoms with Gasteiger partial charge in [-0.15, -0.1) is 12.6 Å². The van der Waals surface area contributed by atoms with Crippen molar-refractivity contribution in [1.29, 1.82) is 0 Å². The first-order valence-electron chi connectivity index (χ1n) is 3.26. The van der Waals surface area contributed by atoms with Crippen LogP contribution in [0.4, 0.5) is 11.4 Å². The molecular weight excluding hydrogens is 188 g/mol. The first-order chi connectivity index (χ1) is 6.27. The molecule has 5 heteroatoms. The second-order valence-corrected chi connectivity index (χ2v) is 2.56. The molecule has 13 heavy (non-hydrogen) atoms. The van der Waals surface area contributed by atoms with Crippen molar-refractivity contribution in [3.05, 3.63) is 18.2 Å². The summed E-state index contributed by atoms with van der Waals surface area (Å²) in [6.45, 7) is 0. The maximum absolute atomic E-state index is 9.96. The quantitative estimate of drug-likeness (QED) is 0.442. The fraction of sp³-hybridized carbons (Fsp3) is 0. The van der Waals surface area contributed by atoms with Crippen molar-refractivity contribution in [3.8, 4) is 0 Å². The molecule has 0 saturated carbocycles. The van der Waals surface area contributed by atoms with Crippen LogP contribution in [0.15, 0.2) is 33.1 Å². The molecule has 0 saturated heterocycles. The molecule has 0 heterocycles. The average molecular weight is 192 g/mol. The van der Waals surface area contributed by atoms with Gasteiger partial charge in [-0.05, 0) is 18.2 Å². The minimum absolute atomic E-state index is 0.329. The van der Waals surface area contributed by atoms with Crippen molar-refractivity contribution in [2.24, 2.45) is 9.98 Å². The van der Waals surface area contributed by atoms with Crippen LogP contribution in [0.2, 0.25) is 0 Å². The summed E-state index contributed by atoms with van der Waals surface area (Å²) in [5.41, 5.74) is 0.705. The summed E-state index contributed by atoms with van der Waals surface area (Å²) in [6, 6.07) is 4.59. The van der Waals surface area contributed by atoms with E-state index in [1.165, 1.54) is 18.2 Å². The van der Waals surface area contributed by atoms with Crippen LogP contribution < -0.4 is 0 Å². The summed E-state index contributed by atoms with van der Waals surface area (Å²) in [7, 11) is 0. The molecule has 0 N–H and O–H groups in total. The lowest BCUT2D eigenvalue weighted by atomic mass is 10.3. The van der Waals surface area contributed by atoms with Gasteiger partial charge in [0.2, 0.25) is 12.2 Å². The van der Waals surface area contributed by atoms with E-state index in [1.54, 1.807) is 12.1 Å². The first-order valence-corrected chi connectivity index (χ1v) is 3.71. The fourth-order valence-corrected chi connectivity index (χ4v) is 0.962. The largest absolute Gasteiger partial charge is 0.240 e. The minimum atomic E-state index is 0.329. The monoisotopic (exact) mass is 192 g/mol. The van der Waals surface area contributed by atoms with Gasteiger partial charge in [-0.2, -0.15) is 9.98 Å². The Morgan fingerprint density at radius 1 is 1.15 bits per heavy atom. The van der Waals surface area contributed by atoms with E-state index >= 15 is 0 Å². The van der Waals surface area contributed by atoms with E-state index in [1.807, 2.05) is 0 Å². The second-order valence-electron chi connectivity index (χ2n) is 2.08. The Balaban J connectivity index is 3.25. The van der Waals surface area contributed by atoms with E-state index in [-0.39, 0.29) is 0 Å². The van der Waals surface area contributed by atoms with Gasteiger partial charge in [0, 0.05) is 4.90 Å². The van der Waals surface area contributed by atoms with Gasteiger partial charge >= 0.3 is 0 Å². The van der Waals surface area contributed by atoms with Crippen molar-refractivity contribution in [3.63, 3.8) is 0 Å². The van der Waals surface area contributed by atoms with Crippen LogP contribution in [0.1, 0.15) is 0 Å². The molecule has 0 aliphatic carbocycles. The van der Waals surface area contributed by atoms with E-state index in [9.17, 15) is 9.59 Å². The van der Waals surface area contributed by atoms with Gasteiger partial charge in [0.05, 0.1) is 11.4 Å². The van der Waals surface area contributed by atoms with Crippen LogP contribution in [-0.2, 0) is 9.59 Å². The van der Waals surface area contributed by atoms with E-state index in [0.29, 0.717) is 16.3 Å². The van der Waals surface area contributed by atoms with Crippen LogP contribution >= 0.6 is 12.6 Å². The van der Waals surface area contributed by atoms with Crippen LogP contribution in [0.25, 0.3) is 0 Å². The van der Waals surface area contributed by atoms with E-state index in [2.05, 4.69) is 22.6 Å². The number of rotatable bonds is 2. The topological polar surface area (TPSA) is 58.9 Å². The molecule has 0 aromatic heterocycles.